The van der Waals surface area contributed by atoms with E-state index in [4.69, 9.17) is 4.98 Å². The Morgan fingerprint density at radius 3 is 2.64 bits per heavy atom. The van der Waals surface area contributed by atoms with E-state index in [-0.39, 0.29) is 18.0 Å². The summed E-state index contributed by atoms with van der Waals surface area (Å²) in [6.45, 7) is 9.14. The second-order valence-corrected chi connectivity index (χ2v) is 8.92. The Morgan fingerprint density at radius 1 is 1.21 bits per heavy atom. The van der Waals surface area contributed by atoms with Crippen molar-refractivity contribution in [1.29, 1.82) is 0 Å². The number of hydrogen-bond acceptors (Lipinski definition) is 4. The molecule has 1 fully saturated rings. The number of nitrogens with zero attached hydrogens (tertiary/aromatic N) is 2. The molecular formula is C23H27N3OS. The number of carbonyl (C=O) groups is 1. The summed E-state index contributed by atoms with van der Waals surface area (Å²) >= 11 is 1.75. The molecule has 1 amide bonds. The number of nitrogens with one attached hydrogen (secondary N) is 1. The zero-order valence-electron chi connectivity index (χ0n) is 17.0. The van der Waals surface area contributed by atoms with E-state index in [1.54, 1.807) is 11.3 Å². The molecule has 1 saturated heterocycles. The maximum absolute atomic E-state index is 13.1. The number of aryl methyl sites for hydroxylation is 3. The summed E-state index contributed by atoms with van der Waals surface area (Å²) in [5.41, 5.74) is 5.44. The molecule has 2 atom stereocenters. The Morgan fingerprint density at radius 2 is 1.93 bits per heavy atom. The standard InChI is InChI=1S/C23H27N3OS/c1-14-12-15(2)21(16(3)13-14)25-22(27)17(4)26-11-7-9-19(26)23-24-18-8-5-6-10-20(18)28-23/h5-6,8,10,12-13,17,19H,7,9,11H2,1-4H3,(H,25,27). The van der Waals surface area contributed by atoms with E-state index in [0.29, 0.717) is 0 Å². The van der Waals surface area contributed by atoms with Gasteiger partial charge in [-0.15, -0.1) is 11.3 Å². The van der Waals surface area contributed by atoms with Crippen LogP contribution in [0, 0.1) is 20.8 Å². The number of likely N-dealkylation sites (tertiary alicyclic amines) is 1. The van der Waals surface area contributed by atoms with Crippen molar-refractivity contribution in [3.05, 3.63) is 58.1 Å². The maximum atomic E-state index is 13.1. The molecular weight excluding hydrogens is 366 g/mol. The molecule has 0 bridgehead atoms. The molecule has 0 spiro atoms. The smallest absolute Gasteiger partial charge is 0.241 e. The fourth-order valence-electron chi connectivity index (χ4n) is 4.31. The molecule has 1 aromatic heterocycles. The topological polar surface area (TPSA) is 45.2 Å². The first-order chi connectivity index (χ1) is 13.4. The fraction of sp³-hybridized carbons (Fsp3) is 0.391. The van der Waals surface area contributed by atoms with Crippen LogP contribution in [0.4, 0.5) is 5.69 Å². The monoisotopic (exact) mass is 393 g/mol. The maximum Gasteiger partial charge on any atom is 0.241 e. The van der Waals surface area contributed by atoms with Crippen LogP contribution < -0.4 is 5.32 Å². The first-order valence-electron chi connectivity index (χ1n) is 9.94. The number of hydrogen-bond donors (Lipinski definition) is 1. The van der Waals surface area contributed by atoms with E-state index in [0.717, 1.165) is 46.7 Å². The molecule has 28 heavy (non-hydrogen) atoms. The molecule has 3 aromatic rings. The van der Waals surface area contributed by atoms with Gasteiger partial charge < -0.3 is 5.32 Å². The highest BCUT2D eigenvalue weighted by Gasteiger charge is 2.35. The molecule has 0 radical (unpaired) electrons. The number of thiazole rings is 1. The van der Waals surface area contributed by atoms with Crippen LogP contribution in [0.25, 0.3) is 10.2 Å². The van der Waals surface area contributed by atoms with E-state index in [1.807, 2.05) is 13.0 Å². The summed E-state index contributed by atoms with van der Waals surface area (Å²) in [4.78, 5) is 20.2. The van der Waals surface area contributed by atoms with Gasteiger partial charge in [0.1, 0.15) is 5.01 Å². The minimum Gasteiger partial charge on any atom is -0.324 e. The molecule has 1 aliphatic rings. The molecule has 1 aliphatic heterocycles. The van der Waals surface area contributed by atoms with Gasteiger partial charge in [-0.3, -0.25) is 9.69 Å². The minimum atomic E-state index is -0.195. The summed E-state index contributed by atoms with van der Waals surface area (Å²) in [5.74, 6) is 0.0584. The van der Waals surface area contributed by atoms with Gasteiger partial charge in [0, 0.05) is 5.69 Å². The van der Waals surface area contributed by atoms with Gasteiger partial charge in [-0.25, -0.2) is 4.98 Å². The lowest BCUT2D eigenvalue weighted by molar-refractivity contribution is -0.121. The summed E-state index contributed by atoms with van der Waals surface area (Å²) in [7, 11) is 0. The Bertz CT molecular complexity index is 970. The normalized spacial score (nSPS) is 18.5. The first kappa shape index (κ1) is 19.1. The number of aromatic nitrogens is 1. The number of amides is 1. The largest absolute Gasteiger partial charge is 0.324 e. The number of carbonyl (C=O) groups excluding carboxylic acids is 1. The lowest BCUT2D eigenvalue weighted by Crippen LogP contribution is -2.41. The summed E-state index contributed by atoms with van der Waals surface area (Å²) in [6.07, 6.45) is 2.15. The number of fused-ring (bicyclic) bond motifs is 1. The minimum absolute atomic E-state index is 0.0584. The highest BCUT2D eigenvalue weighted by molar-refractivity contribution is 7.18. The van der Waals surface area contributed by atoms with E-state index in [2.05, 4.69) is 61.3 Å². The van der Waals surface area contributed by atoms with Crippen LogP contribution in [0.15, 0.2) is 36.4 Å². The van der Waals surface area contributed by atoms with Gasteiger partial charge in [-0.2, -0.15) is 0 Å². The zero-order valence-corrected chi connectivity index (χ0v) is 17.8. The van der Waals surface area contributed by atoms with Gasteiger partial charge in [-0.1, -0.05) is 29.8 Å². The third kappa shape index (κ3) is 3.56. The SMILES string of the molecule is Cc1cc(C)c(NC(=O)C(C)N2CCCC2c2nc3ccccc3s2)c(C)c1. The molecule has 2 unspecified atom stereocenters. The van der Waals surface area contributed by atoms with Crippen molar-refractivity contribution >= 4 is 33.1 Å². The molecule has 0 saturated carbocycles. The van der Waals surface area contributed by atoms with Crippen LogP contribution in [0.2, 0.25) is 0 Å². The predicted molar refractivity (Wildman–Crippen MR) is 117 cm³/mol. The van der Waals surface area contributed by atoms with Crippen molar-refractivity contribution in [2.24, 2.45) is 0 Å². The van der Waals surface area contributed by atoms with Crippen molar-refractivity contribution in [3.8, 4) is 0 Å². The number of rotatable bonds is 4. The molecule has 4 rings (SSSR count). The predicted octanol–water partition coefficient (Wildman–Crippen LogP) is 5.39. The highest BCUT2D eigenvalue weighted by Crippen LogP contribution is 2.37. The quantitative estimate of drug-likeness (QED) is 0.647. The van der Waals surface area contributed by atoms with E-state index >= 15 is 0 Å². The molecule has 2 heterocycles. The molecule has 5 heteroatoms. The van der Waals surface area contributed by atoms with Gasteiger partial charge in [0.05, 0.1) is 22.3 Å². The first-order valence-corrected chi connectivity index (χ1v) is 10.8. The van der Waals surface area contributed by atoms with Crippen molar-refractivity contribution < 1.29 is 4.79 Å². The van der Waals surface area contributed by atoms with Crippen molar-refractivity contribution in [2.75, 3.05) is 11.9 Å². The second kappa shape index (κ2) is 7.64. The molecule has 1 N–H and O–H groups in total. The van der Waals surface area contributed by atoms with Crippen molar-refractivity contribution in [3.63, 3.8) is 0 Å². The number of anilines is 1. The Labute approximate surface area is 170 Å². The second-order valence-electron chi connectivity index (χ2n) is 7.85. The Kier molecular flexibility index (Phi) is 5.21. The summed E-state index contributed by atoms with van der Waals surface area (Å²) < 4.78 is 1.22. The molecule has 2 aromatic carbocycles. The van der Waals surface area contributed by atoms with E-state index < -0.39 is 0 Å². The van der Waals surface area contributed by atoms with Gasteiger partial charge in [0.15, 0.2) is 0 Å². The van der Waals surface area contributed by atoms with Crippen LogP contribution in [0.3, 0.4) is 0 Å². The molecule has 146 valence electrons. The van der Waals surface area contributed by atoms with Gasteiger partial charge in [0.25, 0.3) is 0 Å². The summed E-state index contributed by atoms with van der Waals surface area (Å²) in [6, 6.07) is 12.5. The van der Waals surface area contributed by atoms with Gasteiger partial charge >= 0.3 is 0 Å². The third-order valence-corrected chi connectivity index (χ3v) is 6.83. The van der Waals surface area contributed by atoms with Crippen LogP contribution in [-0.2, 0) is 4.79 Å². The lowest BCUT2D eigenvalue weighted by atomic mass is 10.0. The Balaban J connectivity index is 1.54. The van der Waals surface area contributed by atoms with Gasteiger partial charge in [-0.05, 0) is 70.3 Å². The highest BCUT2D eigenvalue weighted by atomic mass is 32.1. The van der Waals surface area contributed by atoms with Crippen molar-refractivity contribution in [1.82, 2.24) is 9.88 Å². The third-order valence-electron chi connectivity index (χ3n) is 5.69. The lowest BCUT2D eigenvalue weighted by Gasteiger charge is -2.29. The van der Waals surface area contributed by atoms with Crippen LogP contribution in [0.1, 0.15) is 47.5 Å². The Hall–Kier alpha value is -2.24. The van der Waals surface area contributed by atoms with E-state index in [9.17, 15) is 4.79 Å². The average molecular weight is 394 g/mol. The van der Waals surface area contributed by atoms with Crippen LogP contribution in [-0.4, -0.2) is 28.4 Å². The van der Waals surface area contributed by atoms with Crippen LogP contribution >= 0.6 is 11.3 Å². The molecule has 0 aliphatic carbocycles. The molecule has 4 nitrogen and oxygen atoms in total. The van der Waals surface area contributed by atoms with Crippen LogP contribution in [0.5, 0.6) is 0 Å². The fourth-order valence-corrected chi connectivity index (χ4v) is 5.43. The van der Waals surface area contributed by atoms with Gasteiger partial charge in [0.2, 0.25) is 5.91 Å². The van der Waals surface area contributed by atoms with Crippen molar-refractivity contribution in [2.45, 2.75) is 52.6 Å². The van der Waals surface area contributed by atoms with E-state index in [1.165, 1.54) is 10.3 Å². The zero-order chi connectivity index (χ0) is 19.8. The average Bonchev–Trinajstić information content (AvgIpc) is 3.29. The summed E-state index contributed by atoms with van der Waals surface area (Å²) in [5, 5.41) is 4.31. The number of benzene rings is 2. The number of para-hydroxylation sites is 1.